The minimum atomic E-state index is -0.0172. The number of methoxy groups -OCH3 is 1. The van der Waals surface area contributed by atoms with Gasteiger partial charge in [0, 0.05) is 28.4 Å². The fraction of sp³-hybridized carbons (Fsp3) is 0.0500. The maximum Gasteiger partial charge on any atom is 0.193 e. The highest BCUT2D eigenvalue weighted by atomic mass is 16.5. The van der Waals surface area contributed by atoms with Gasteiger partial charge in [-0.05, 0) is 17.7 Å². The molecule has 0 atom stereocenters. The van der Waals surface area contributed by atoms with Crippen LogP contribution >= 0.6 is 0 Å². The molecule has 0 aliphatic rings. The first-order chi connectivity index (χ1) is 11.2. The molecule has 0 bridgehead atoms. The van der Waals surface area contributed by atoms with Crippen molar-refractivity contribution < 1.29 is 9.53 Å². The van der Waals surface area contributed by atoms with Crippen LogP contribution in [0.5, 0.6) is 5.75 Å². The Hall–Kier alpha value is -3.07. The molecule has 0 aromatic heterocycles. The highest BCUT2D eigenvalue weighted by molar-refractivity contribution is 6.13. The van der Waals surface area contributed by atoms with Crippen molar-refractivity contribution in [1.82, 2.24) is 0 Å². The molecule has 0 amide bonds. The van der Waals surface area contributed by atoms with Crippen molar-refractivity contribution in [2.45, 2.75) is 0 Å². The van der Waals surface area contributed by atoms with Crippen molar-refractivity contribution in [3.63, 3.8) is 0 Å². The SMILES string of the molecule is COc1ccc(-c2ccccc2C(=O)c2ccccc2)c(N)c1. The second-order valence-electron chi connectivity index (χ2n) is 5.19. The number of hydrogen-bond donors (Lipinski definition) is 1. The minimum absolute atomic E-state index is 0.0172. The topological polar surface area (TPSA) is 52.3 Å². The monoisotopic (exact) mass is 303 g/mol. The van der Waals surface area contributed by atoms with Crippen LogP contribution in [-0.2, 0) is 0 Å². The van der Waals surface area contributed by atoms with E-state index in [9.17, 15) is 4.79 Å². The van der Waals surface area contributed by atoms with Gasteiger partial charge in [0.25, 0.3) is 0 Å². The molecule has 23 heavy (non-hydrogen) atoms. The highest BCUT2D eigenvalue weighted by Gasteiger charge is 2.15. The average Bonchev–Trinajstić information content (AvgIpc) is 2.62. The number of carbonyl (C=O) groups is 1. The van der Waals surface area contributed by atoms with Crippen LogP contribution in [0.1, 0.15) is 15.9 Å². The van der Waals surface area contributed by atoms with Crippen LogP contribution < -0.4 is 10.5 Å². The number of ketones is 1. The number of nitrogens with two attached hydrogens (primary N) is 1. The van der Waals surface area contributed by atoms with Crippen LogP contribution in [0.25, 0.3) is 11.1 Å². The summed E-state index contributed by atoms with van der Waals surface area (Å²) in [6.45, 7) is 0. The summed E-state index contributed by atoms with van der Waals surface area (Å²) >= 11 is 0. The van der Waals surface area contributed by atoms with E-state index in [1.54, 1.807) is 13.2 Å². The summed E-state index contributed by atoms with van der Waals surface area (Å²) < 4.78 is 5.19. The summed E-state index contributed by atoms with van der Waals surface area (Å²) in [5, 5.41) is 0. The number of nitrogen functional groups attached to an aromatic ring is 1. The summed E-state index contributed by atoms with van der Waals surface area (Å²) in [6.07, 6.45) is 0. The maximum absolute atomic E-state index is 12.8. The molecule has 3 heteroatoms. The minimum Gasteiger partial charge on any atom is -0.497 e. The van der Waals surface area contributed by atoms with E-state index in [0.29, 0.717) is 22.6 Å². The Labute approximate surface area is 135 Å². The molecule has 0 heterocycles. The van der Waals surface area contributed by atoms with E-state index in [2.05, 4.69) is 0 Å². The van der Waals surface area contributed by atoms with Gasteiger partial charge in [0.15, 0.2) is 5.78 Å². The molecule has 0 radical (unpaired) electrons. The third-order valence-corrected chi connectivity index (χ3v) is 3.76. The molecule has 114 valence electrons. The Morgan fingerprint density at radius 3 is 2.26 bits per heavy atom. The van der Waals surface area contributed by atoms with Gasteiger partial charge in [0.1, 0.15) is 5.75 Å². The zero-order valence-corrected chi connectivity index (χ0v) is 12.8. The molecule has 0 aliphatic carbocycles. The van der Waals surface area contributed by atoms with Gasteiger partial charge in [-0.1, -0.05) is 54.6 Å². The van der Waals surface area contributed by atoms with Crippen LogP contribution in [0.3, 0.4) is 0 Å². The van der Waals surface area contributed by atoms with E-state index in [1.165, 1.54) is 0 Å². The molecule has 0 aliphatic heterocycles. The zero-order valence-electron chi connectivity index (χ0n) is 12.8. The Balaban J connectivity index is 2.10. The first kappa shape index (κ1) is 14.9. The molecule has 0 spiro atoms. The van der Waals surface area contributed by atoms with Crippen LogP contribution in [0, 0.1) is 0 Å². The number of benzene rings is 3. The van der Waals surface area contributed by atoms with Crippen molar-refractivity contribution in [3.8, 4) is 16.9 Å². The first-order valence-corrected chi connectivity index (χ1v) is 7.33. The fourth-order valence-corrected chi connectivity index (χ4v) is 2.57. The van der Waals surface area contributed by atoms with E-state index < -0.39 is 0 Å². The van der Waals surface area contributed by atoms with E-state index in [4.69, 9.17) is 10.5 Å². The Morgan fingerprint density at radius 2 is 1.57 bits per heavy atom. The summed E-state index contributed by atoms with van der Waals surface area (Å²) in [4.78, 5) is 12.8. The Kier molecular flexibility index (Phi) is 4.11. The predicted molar refractivity (Wildman–Crippen MR) is 92.7 cm³/mol. The van der Waals surface area contributed by atoms with Gasteiger partial charge < -0.3 is 10.5 Å². The van der Waals surface area contributed by atoms with Crippen molar-refractivity contribution in [3.05, 3.63) is 83.9 Å². The largest absolute Gasteiger partial charge is 0.497 e. The number of carbonyl (C=O) groups excluding carboxylic acids is 1. The van der Waals surface area contributed by atoms with Gasteiger partial charge in [0.2, 0.25) is 0 Å². The lowest BCUT2D eigenvalue weighted by molar-refractivity contribution is 0.103. The zero-order chi connectivity index (χ0) is 16.2. The molecular weight excluding hydrogens is 286 g/mol. The molecule has 2 N–H and O–H groups in total. The van der Waals surface area contributed by atoms with Gasteiger partial charge in [-0.25, -0.2) is 0 Å². The fourth-order valence-electron chi connectivity index (χ4n) is 2.57. The van der Waals surface area contributed by atoms with E-state index in [1.807, 2.05) is 66.7 Å². The second kappa shape index (κ2) is 6.36. The van der Waals surface area contributed by atoms with E-state index in [-0.39, 0.29) is 5.78 Å². The van der Waals surface area contributed by atoms with Gasteiger partial charge in [-0.15, -0.1) is 0 Å². The third-order valence-electron chi connectivity index (χ3n) is 3.76. The van der Waals surface area contributed by atoms with Gasteiger partial charge in [0.05, 0.1) is 7.11 Å². The van der Waals surface area contributed by atoms with Gasteiger partial charge >= 0.3 is 0 Å². The average molecular weight is 303 g/mol. The summed E-state index contributed by atoms with van der Waals surface area (Å²) in [5.74, 6) is 0.675. The number of ether oxygens (including phenoxy) is 1. The number of anilines is 1. The molecular formula is C20H17NO2. The van der Waals surface area contributed by atoms with Crippen LogP contribution in [0.4, 0.5) is 5.69 Å². The quantitative estimate of drug-likeness (QED) is 0.581. The van der Waals surface area contributed by atoms with Crippen molar-refractivity contribution in [2.75, 3.05) is 12.8 Å². The van der Waals surface area contributed by atoms with Crippen LogP contribution in [0.2, 0.25) is 0 Å². The first-order valence-electron chi connectivity index (χ1n) is 7.33. The van der Waals surface area contributed by atoms with Gasteiger partial charge in [-0.3, -0.25) is 4.79 Å². The van der Waals surface area contributed by atoms with Gasteiger partial charge in [-0.2, -0.15) is 0 Å². The van der Waals surface area contributed by atoms with E-state index >= 15 is 0 Å². The van der Waals surface area contributed by atoms with E-state index in [0.717, 1.165) is 11.1 Å². The standard InChI is InChI=1S/C20H17NO2/c1-23-15-11-12-17(19(21)13-15)16-9-5-6-10-18(16)20(22)14-7-3-2-4-8-14/h2-13H,21H2,1H3. The van der Waals surface area contributed by atoms with Crippen LogP contribution in [0.15, 0.2) is 72.8 Å². The molecule has 0 saturated carbocycles. The lowest BCUT2D eigenvalue weighted by atomic mass is 9.93. The van der Waals surface area contributed by atoms with Crippen LogP contribution in [-0.4, -0.2) is 12.9 Å². The summed E-state index contributed by atoms with van der Waals surface area (Å²) in [7, 11) is 1.60. The third kappa shape index (κ3) is 2.94. The highest BCUT2D eigenvalue weighted by Crippen LogP contribution is 2.32. The van der Waals surface area contributed by atoms with Crippen molar-refractivity contribution in [1.29, 1.82) is 0 Å². The second-order valence-corrected chi connectivity index (χ2v) is 5.19. The van der Waals surface area contributed by atoms with Crippen molar-refractivity contribution >= 4 is 11.5 Å². The van der Waals surface area contributed by atoms with Crippen molar-refractivity contribution in [2.24, 2.45) is 0 Å². The smallest absolute Gasteiger partial charge is 0.193 e. The predicted octanol–water partition coefficient (Wildman–Crippen LogP) is 4.18. The normalized spacial score (nSPS) is 10.3. The lowest BCUT2D eigenvalue weighted by Crippen LogP contribution is -2.04. The Morgan fingerprint density at radius 1 is 0.870 bits per heavy atom. The maximum atomic E-state index is 12.8. The molecule has 0 saturated heterocycles. The molecule has 3 rings (SSSR count). The Bertz CT molecular complexity index is 841. The lowest BCUT2D eigenvalue weighted by Gasteiger charge is -2.12. The number of rotatable bonds is 4. The molecule has 0 unspecified atom stereocenters. The molecule has 0 fully saturated rings. The summed E-state index contributed by atoms with van der Waals surface area (Å²) in [6, 6.07) is 22.2. The molecule has 3 aromatic rings. The molecule has 3 nitrogen and oxygen atoms in total. The number of hydrogen-bond acceptors (Lipinski definition) is 3. The summed E-state index contributed by atoms with van der Waals surface area (Å²) in [5.41, 5.74) is 9.67. The molecule has 3 aromatic carbocycles.